The van der Waals surface area contributed by atoms with Gasteiger partial charge in [-0.1, -0.05) is 12.7 Å². The lowest BCUT2D eigenvalue weighted by Crippen LogP contribution is -2.40. The number of nitrogens with zero attached hydrogens (tertiary/aromatic N) is 1. The molecule has 0 radical (unpaired) electrons. The highest BCUT2D eigenvalue weighted by Gasteiger charge is 2.04. The van der Waals surface area contributed by atoms with Crippen molar-refractivity contribution < 1.29 is 9.90 Å². The average molecular weight is 196 g/mol. The number of nitrogens with one attached hydrogen (secondary N) is 1. The fourth-order valence-electron chi connectivity index (χ4n) is 1.26. The van der Waals surface area contributed by atoms with Gasteiger partial charge in [0.25, 0.3) is 0 Å². The summed E-state index contributed by atoms with van der Waals surface area (Å²) in [5.74, 6) is -0.921. The average Bonchev–Trinajstić information content (AvgIpc) is 2.19. The van der Waals surface area contributed by atoms with Gasteiger partial charge in [-0.3, -0.25) is 0 Å². The Bertz CT molecular complexity index is 243. The Labute approximate surface area is 83.9 Å². The molecule has 1 fully saturated rings. The van der Waals surface area contributed by atoms with E-state index in [9.17, 15) is 4.79 Å². The number of carboxylic acids is 1. The molecule has 1 aliphatic rings. The van der Waals surface area contributed by atoms with Crippen LogP contribution in [0.3, 0.4) is 0 Å². The second kappa shape index (κ2) is 5.44. The summed E-state index contributed by atoms with van der Waals surface area (Å²) in [4.78, 5) is 12.6. The quantitative estimate of drug-likeness (QED) is 0.640. The van der Waals surface area contributed by atoms with Gasteiger partial charge in [-0.2, -0.15) is 0 Å². The molecule has 0 spiro atoms. The predicted octanol–water partition coefficient (Wildman–Crippen LogP) is 0.436. The molecule has 0 saturated carbocycles. The third-order valence-electron chi connectivity index (χ3n) is 2.13. The number of piperazine rings is 1. The molecule has 0 aliphatic carbocycles. The largest absolute Gasteiger partial charge is 0.478 e. The van der Waals surface area contributed by atoms with Gasteiger partial charge in [0.15, 0.2) is 0 Å². The van der Waals surface area contributed by atoms with E-state index in [0.717, 1.165) is 26.2 Å². The van der Waals surface area contributed by atoms with Gasteiger partial charge in [0.2, 0.25) is 0 Å². The van der Waals surface area contributed by atoms with Crippen molar-refractivity contribution in [2.24, 2.45) is 0 Å². The van der Waals surface area contributed by atoms with Crippen LogP contribution in [0.1, 0.15) is 6.42 Å². The molecule has 0 aromatic carbocycles. The van der Waals surface area contributed by atoms with Gasteiger partial charge in [-0.15, -0.1) is 0 Å². The number of hydrogen-bond donors (Lipinski definition) is 2. The standard InChI is InChI=1S/C10H16N2O2/c1-9(10(13)14)3-2-6-12-7-4-11-5-8-12/h2,6,11H,1,3-5,7-8H2,(H,13,14). The summed E-state index contributed by atoms with van der Waals surface area (Å²) in [7, 11) is 0. The van der Waals surface area contributed by atoms with Crippen LogP contribution >= 0.6 is 0 Å². The molecule has 0 atom stereocenters. The first-order valence-corrected chi connectivity index (χ1v) is 4.72. The summed E-state index contributed by atoms with van der Waals surface area (Å²) in [6, 6.07) is 0. The fraction of sp³-hybridized carbons (Fsp3) is 0.500. The van der Waals surface area contributed by atoms with Crippen molar-refractivity contribution in [3.63, 3.8) is 0 Å². The van der Waals surface area contributed by atoms with Crippen molar-refractivity contribution in [2.75, 3.05) is 26.2 Å². The predicted molar refractivity (Wildman–Crippen MR) is 55.0 cm³/mol. The lowest BCUT2D eigenvalue weighted by molar-refractivity contribution is -0.132. The van der Waals surface area contributed by atoms with Crippen LogP contribution in [-0.4, -0.2) is 42.2 Å². The molecule has 2 N–H and O–H groups in total. The zero-order valence-corrected chi connectivity index (χ0v) is 8.20. The maximum atomic E-state index is 10.4. The van der Waals surface area contributed by atoms with Gasteiger partial charge in [-0.05, 0) is 12.6 Å². The molecule has 1 rings (SSSR count). The van der Waals surface area contributed by atoms with Crippen LogP contribution in [0.4, 0.5) is 0 Å². The first kappa shape index (κ1) is 10.8. The molecule has 0 unspecified atom stereocenters. The van der Waals surface area contributed by atoms with Gasteiger partial charge >= 0.3 is 5.97 Å². The summed E-state index contributed by atoms with van der Waals surface area (Å²) in [6.07, 6.45) is 4.22. The maximum absolute atomic E-state index is 10.4. The van der Waals surface area contributed by atoms with Crippen molar-refractivity contribution in [1.29, 1.82) is 0 Å². The van der Waals surface area contributed by atoms with E-state index < -0.39 is 5.97 Å². The Morgan fingerprint density at radius 1 is 1.50 bits per heavy atom. The van der Waals surface area contributed by atoms with Crippen molar-refractivity contribution in [2.45, 2.75) is 6.42 Å². The third kappa shape index (κ3) is 3.62. The lowest BCUT2D eigenvalue weighted by atomic mass is 10.2. The van der Waals surface area contributed by atoms with Crippen molar-refractivity contribution in [3.8, 4) is 0 Å². The van der Waals surface area contributed by atoms with E-state index in [1.165, 1.54) is 0 Å². The second-order valence-electron chi connectivity index (χ2n) is 3.28. The minimum absolute atomic E-state index is 0.233. The highest BCUT2D eigenvalue weighted by molar-refractivity contribution is 5.85. The molecule has 0 aromatic heterocycles. The van der Waals surface area contributed by atoms with Crippen LogP contribution in [0.2, 0.25) is 0 Å². The monoisotopic (exact) mass is 196 g/mol. The zero-order valence-electron chi connectivity index (χ0n) is 8.20. The molecule has 4 heteroatoms. The van der Waals surface area contributed by atoms with E-state index in [2.05, 4.69) is 16.8 Å². The van der Waals surface area contributed by atoms with Crippen LogP contribution in [0.5, 0.6) is 0 Å². The van der Waals surface area contributed by atoms with Crippen LogP contribution < -0.4 is 5.32 Å². The summed E-state index contributed by atoms with van der Waals surface area (Å²) in [5, 5.41) is 11.8. The SMILES string of the molecule is C=C(CC=CN1CCNCC1)C(=O)O. The highest BCUT2D eigenvalue weighted by Crippen LogP contribution is 2.01. The van der Waals surface area contributed by atoms with Crippen LogP contribution in [0.15, 0.2) is 24.4 Å². The van der Waals surface area contributed by atoms with Crippen LogP contribution in [0.25, 0.3) is 0 Å². The van der Waals surface area contributed by atoms with Crippen LogP contribution in [-0.2, 0) is 4.79 Å². The molecular weight excluding hydrogens is 180 g/mol. The minimum Gasteiger partial charge on any atom is -0.478 e. The summed E-state index contributed by atoms with van der Waals surface area (Å²) in [6.45, 7) is 7.40. The fourth-order valence-corrected chi connectivity index (χ4v) is 1.26. The van der Waals surface area contributed by atoms with E-state index in [1.54, 1.807) is 0 Å². The smallest absolute Gasteiger partial charge is 0.331 e. The number of rotatable bonds is 4. The maximum Gasteiger partial charge on any atom is 0.331 e. The Hall–Kier alpha value is -1.29. The van der Waals surface area contributed by atoms with Gasteiger partial charge in [-0.25, -0.2) is 4.79 Å². The van der Waals surface area contributed by atoms with E-state index >= 15 is 0 Å². The van der Waals surface area contributed by atoms with Crippen molar-refractivity contribution >= 4 is 5.97 Å². The van der Waals surface area contributed by atoms with Gasteiger partial charge in [0.1, 0.15) is 0 Å². The first-order chi connectivity index (χ1) is 6.70. The molecule has 0 amide bonds. The Balaban J connectivity index is 2.25. The molecule has 14 heavy (non-hydrogen) atoms. The Kier molecular flexibility index (Phi) is 4.19. The first-order valence-electron chi connectivity index (χ1n) is 4.72. The number of hydrogen-bond acceptors (Lipinski definition) is 3. The summed E-state index contributed by atoms with van der Waals surface area (Å²) in [5.41, 5.74) is 0.233. The molecule has 0 aromatic rings. The van der Waals surface area contributed by atoms with E-state index in [-0.39, 0.29) is 5.57 Å². The van der Waals surface area contributed by atoms with Crippen LogP contribution in [0, 0.1) is 0 Å². The molecule has 1 saturated heterocycles. The highest BCUT2D eigenvalue weighted by atomic mass is 16.4. The third-order valence-corrected chi connectivity index (χ3v) is 2.13. The Morgan fingerprint density at radius 2 is 2.14 bits per heavy atom. The van der Waals surface area contributed by atoms with Gasteiger partial charge in [0, 0.05) is 31.8 Å². The molecule has 1 heterocycles. The normalized spacial score (nSPS) is 17.3. The minimum atomic E-state index is -0.921. The number of carbonyl (C=O) groups is 1. The van der Waals surface area contributed by atoms with Crippen molar-refractivity contribution in [3.05, 3.63) is 24.4 Å². The topological polar surface area (TPSA) is 52.6 Å². The van der Waals surface area contributed by atoms with E-state index in [1.807, 2.05) is 12.3 Å². The summed E-state index contributed by atoms with van der Waals surface area (Å²) >= 11 is 0. The zero-order chi connectivity index (χ0) is 10.4. The molecule has 0 bridgehead atoms. The summed E-state index contributed by atoms with van der Waals surface area (Å²) < 4.78 is 0. The lowest BCUT2D eigenvalue weighted by Gasteiger charge is -2.25. The second-order valence-corrected chi connectivity index (χ2v) is 3.28. The van der Waals surface area contributed by atoms with Crippen molar-refractivity contribution in [1.82, 2.24) is 10.2 Å². The van der Waals surface area contributed by atoms with Gasteiger partial charge in [0.05, 0.1) is 0 Å². The number of aliphatic carboxylic acids is 1. The number of carboxylic acid groups (broad SMARTS) is 1. The van der Waals surface area contributed by atoms with E-state index in [0.29, 0.717) is 6.42 Å². The number of allylic oxidation sites excluding steroid dienone is 1. The van der Waals surface area contributed by atoms with Gasteiger partial charge < -0.3 is 15.3 Å². The van der Waals surface area contributed by atoms with E-state index in [4.69, 9.17) is 5.11 Å². The molecule has 1 aliphatic heterocycles. The Morgan fingerprint density at radius 3 is 2.71 bits per heavy atom. The molecular formula is C10H16N2O2. The molecule has 4 nitrogen and oxygen atoms in total. The molecule has 78 valence electrons.